The van der Waals surface area contributed by atoms with Crippen LogP contribution in [0.2, 0.25) is 0 Å². The molecule has 0 saturated heterocycles. The first-order valence-corrected chi connectivity index (χ1v) is 9.13. The molecule has 5 nitrogen and oxygen atoms in total. The van der Waals surface area contributed by atoms with Gasteiger partial charge in [-0.3, -0.25) is 0 Å². The Balaban J connectivity index is 2.02. The lowest BCUT2D eigenvalue weighted by atomic mass is 10.1. The molecule has 0 saturated carbocycles. The van der Waals surface area contributed by atoms with E-state index in [-0.39, 0.29) is 5.97 Å². The topological polar surface area (TPSA) is 52.5 Å². The second-order valence-electron chi connectivity index (χ2n) is 6.67. The number of hydrogen-bond acceptors (Lipinski definition) is 4. The van der Waals surface area contributed by atoms with E-state index in [4.69, 9.17) is 9.47 Å². The van der Waals surface area contributed by atoms with Crippen LogP contribution >= 0.6 is 0 Å². The highest BCUT2D eigenvalue weighted by atomic mass is 16.6. The van der Waals surface area contributed by atoms with Crippen molar-refractivity contribution in [1.82, 2.24) is 9.88 Å². The summed E-state index contributed by atoms with van der Waals surface area (Å²) in [6.07, 6.45) is 4.51. The standard InChI is InChI=1S/C20H30N2O3/c1-5-7-11-21-12-14-22-13-10-16-15-17(8-9-18(16)22)25-20(3,4)19(23)24-6-2/h8-10,13,15,21H,5-7,11-12,14H2,1-4H3. The van der Waals surface area contributed by atoms with Gasteiger partial charge in [0.25, 0.3) is 0 Å². The smallest absolute Gasteiger partial charge is 0.349 e. The maximum atomic E-state index is 12.0. The Labute approximate surface area is 150 Å². The van der Waals surface area contributed by atoms with Crippen molar-refractivity contribution in [1.29, 1.82) is 0 Å². The summed E-state index contributed by atoms with van der Waals surface area (Å²) in [6, 6.07) is 7.99. The highest BCUT2D eigenvalue weighted by molar-refractivity contribution is 5.82. The van der Waals surface area contributed by atoms with Gasteiger partial charge in [0.15, 0.2) is 5.60 Å². The van der Waals surface area contributed by atoms with Gasteiger partial charge in [-0.05, 0) is 58.0 Å². The third kappa shape index (κ3) is 5.23. The Kier molecular flexibility index (Phi) is 6.88. The third-order valence-electron chi connectivity index (χ3n) is 4.12. The van der Waals surface area contributed by atoms with Crippen molar-refractivity contribution in [2.45, 2.75) is 52.7 Å². The maximum Gasteiger partial charge on any atom is 0.349 e. The molecule has 1 aromatic carbocycles. The maximum absolute atomic E-state index is 12.0. The molecule has 0 radical (unpaired) electrons. The summed E-state index contributed by atoms with van der Waals surface area (Å²) in [5, 5.41) is 4.56. The van der Waals surface area contributed by atoms with Crippen molar-refractivity contribution < 1.29 is 14.3 Å². The summed E-state index contributed by atoms with van der Waals surface area (Å²) in [5.41, 5.74) is 0.161. The zero-order chi connectivity index (χ0) is 18.3. The number of unbranched alkanes of at least 4 members (excludes halogenated alkanes) is 1. The first-order chi connectivity index (χ1) is 12.0. The van der Waals surface area contributed by atoms with Crippen LogP contribution in [0, 0.1) is 0 Å². The molecule has 0 unspecified atom stereocenters. The van der Waals surface area contributed by atoms with Crippen molar-refractivity contribution in [3.05, 3.63) is 30.5 Å². The quantitative estimate of drug-likeness (QED) is 0.526. The summed E-state index contributed by atoms with van der Waals surface area (Å²) in [5.74, 6) is 0.315. The first-order valence-electron chi connectivity index (χ1n) is 9.13. The molecule has 1 N–H and O–H groups in total. The Hall–Kier alpha value is -2.01. The van der Waals surface area contributed by atoms with E-state index in [9.17, 15) is 4.79 Å². The van der Waals surface area contributed by atoms with Crippen LogP contribution in [-0.2, 0) is 16.1 Å². The minimum atomic E-state index is -1.00. The molecule has 25 heavy (non-hydrogen) atoms. The Bertz CT molecular complexity index is 691. The molecule has 2 rings (SSSR count). The molecule has 138 valence electrons. The average molecular weight is 346 g/mol. The van der Waals surface area contributed by atoms with Crippen LogP contribution in [0.1, 0.15) is 40.5 Å². The van der Waals surface area contributed by atoms with Crippen molar-refractivity contribution in [3.8, 4) is 5.75 Å². The number of nitrogens with one attached hydrogen (secondary N) is 1. The summed E-state index contributed by atoms with van der Waals surface area (Å²) >= 11 is 0. The lowest BCUT2D eigenvalue weighted by molar-refractivity contribution is -0.158. The number of fused-ring (bicyclic) bond motifs is 1. The molecule has 0 amide bonds. The second kappa shape index (κ2) is 8.90. The van der Waals surface area contributed by atoms with E-state index in [2.05, 4.69) is 29.1 Å². The number of ether oxygens (including phenoxy) is 2. The summed E-state index contributed by atoms with van der Waals surface area (Å²) in [6.45, 7) is 10.7. The number of carbonyl (C=O) groups is 1. The largest absolute Gasteiger partial charge is 0.476 e. The highest BCUT2D eigenvalue weighted by Gasteiger charge is 2.31. The highest BCUT2D eigenvalue weighted by Crippen LogP contribution is 2.25. The van der Waals surface area contributed by atoms with Crippen LogP contribution in [0.15, 0.2) is 30.5 Å². The molecule has 0 bridgehead atoms. The average Bonchev–Trinajstić information content (AvgIpc) is 2.97. The van der Waals surface area contributed by atoms with Gasteiger partial charge in [0.1, 0.15) is 5.75 Å². The van der Waals surface area contributed by atoms with Crippen molar-refractivity contribution >= 4 is 16.9 Å². The van der Waals surface area contributed by atoms with Gasteiger partial charge in [-0.15, -0.1) is 0 Å². The van der Waals surface area contributed by atoms with Crippen LogP contribution in [0.25, 0.3) is 10.9 Å². The van der Waals surface area contributed by atoms with Gasteiger partial charge in [0, 0.05) is 30.2 Å². The monoisotopic (exact) mass is 346 g/mol. The lowest BCUT2D eigenvalue weighted by Gasteiger charge is -2.24. The molecule has 0 spiro atoms. The Morgan fingerprint density at radius 2 is 2.00 bits per heavy atom. The normalized spacial score (nSPS) is 11.7. The molecule has 0 aliphatic heterocycles. The number of rotatable bonds is 10. The van der Waals surface area contributed by atoms with E-state index < -0.39 is 5.60 Å². The van der Waals surface area contributed by atoms with E-state index in [1.165, 1.54) is 18.4 Å². The zero-order valence-corrected chi connectivity index (χ0v) is 15.8. The second-order valence-corrected chi connectivity index (χ2v) is 6.67. The van der Waals surface area contributed by atoms with Gasteiger partial charge in [-0.25, -0.2) is 4.79 Å². The van der Waals surface area contributed by atoms with Crippen LogP contribution in [0.5, 0.6) is 5.75 Å². The molecule has 1 aromatic heterocycles. The summed E-state index contributed by atoms with van der Waals surface area (Å²) < 4.78 is 13.2. The molecule has 0 aliphatic rings. The third-order valence-corrected chi connectivity index (χ3v) is 4.12. The first kappa shape index (κ1) is 19.3. The molecule has 2 aromatic rings. The fourth-order valence-electron chi connectivity index (χ4n) is 2.70. The minimum absolute atomic E-state index is 0.347. The SMILES string of the molecule is CCCCNCCn1ccc2cc(OC(C)(C)C(=O)OCC)ccc21. The number of carbonyl (C=O) groups excluding carboxylic acids is 1. The van der Waals surface area contributed by atoms with E-state index in [0.717, 1.165) is 25.0 Å². The molecular formula is C20H30N2O3. The molecule has 0 fully saturated rings. The van der Waals surface area contributed by atoms with Gasteiger partial charge in [0.05, 0.1) is 6.61 Å². The van der Waals surface area contributed by atoms with Crippen molar-refractivity contribution in [3.63, 3.8) is 0 Å². The van der Waals surface area contributed by atoms with Crippen molar-refractivity contribution in [2.24, 2.45) is 0 Å². The minimum Gasteiger partial charge on any atom is -0.476 e. The molecule has 0 atom stereocenters. The zero-order valence-electron chi connectivity index (χ0n) is 15.8. The molecule has 5 heteroatoms. The van der Waals surface area contributed by atoms with Gasteiger partial charge >= 0.3 is 5.97 Å². The Morgan fingerprint density at radius 3 is 2.72 bits per heavy atom. The van der Waals surface area contributed by atoms with E-state index >= 15 is 0 Å². The van der Waals surface area contributed by atoms with E-state index in [1.54, 1.807) is 20.8 Å². The number of esters is 1. The Morgan fingerprint density at radius 1 is 1.20 bits per heavy atom. The van der Waals surface area contributed by atoms with E-state index in [0.29, 0.717) is 12.4 Å². The predicted octanol–water partition coefficient (Wildman–Crippen LogP) is 3.75. The van der Waals surface area contributed by atoms with Gasteiger partial charge in [-0.2, -0.15) is 0 Å². The van der Waals surface area contributed by atoms with Crippen LogP contribution < -0.4 is 10.1 Å². The van der Waals surface area contributed by atoms with Crippen LogP contribution in [0.3, 0.4) is 0 Å². The van der Waals surface area contributed by atoms with Gasteiger partial charge in [-0.1, -0.05) is 13.3 Å². The van der Waals surface area contributed by atoms with Gasteiger partial charge in [0.2, 0.25) is 0 Å². The lowest BCUT2D eigenvalue weighted by Crippen LogP contribution is -2.39. The number of benzene rings is 1. The molecule has 1 heterocycles. The van der Waals surface area contributed by atoms with Crippen LogP contribution in [-0.4, -0.2) is 35.8 Å². The van der Waals surface area contributed by atoms with Crippen molar-refractivity contribution in [2.75, 3.05) is 19.7 Å². The van der Waals surface area contributed by atoms with E-state index in [1.807, 2.05) is 18.2 Å². The summed E-state index contributed by atoms with van der Waals surface area (Å²) in [7, 11) is 0. The summed E-state index contributed by atoms with van der Waals surface area (Å²) in [4.78, 5) is 12.0. The number of hydrogen-bond donors (Lipinski definition) is 1. The number of aromatic nitrogens is 1. The fourth-order valence-corrected chi connectivity index (χ4v) is 2.70. The van der Waals surface area contributed by atoms with Gasteiger partial charge < -0.3 is 19.4 Å². The predicted molar refractivity (Wildman–Crippen MR) is 101 cm³/mol. The van der Waals surface area contributed by atoms with Crippen LogP contribution in [0.4, 0.5) is 0 Å². The molecular weight excluding hydrogens is 316 g/mol. The molecule has 0 aliphatic carbocycles. The fraction of sp³-hybridized carbons (Fsp3) is 0.550. The number of nitrogens with zero attached hydrogens (tertiary/aromatic N) is 1.